The Kier molecular flexibility index (Phi) is 7.23. The van der Waals surface area contributed by atoms with Crippen molar-refractivity contribution in [3.63, 3.8) is 0 Å². The number of carbonyl (C=O) groups is 2. The largest absolute Gasteiger partial charge is 0.322 e. The number of nitrogens with one attached hydrogen (secondary N) is 2. The smallest absolute Gasteiger partial charge is 0.264 e. The quantitative estimate of drug-likeness (QED) is 0.318. The normalized spacial score (nSPS) is 11.9. The molecule has 0 spiro atoms. The number of halogens is 1. The fraction of sp³-hybridized carbons (Fsp3) is 0. The van der Waals surface area contributed by atoms with E-state index in [9.17, 15) is 18.2 Å². The Balaban J connectivity index is 1.42. The SMILES string of the molecule is C=S(=O)(NC(=O)c1cncc(C#Cc2ccc(NC(=O)c3ccc(F)cc3)cc2)c1)c1ccccc1. The summed E-state index contributed by atoms with van der Waals surface area (Å²) in [4.78, 5) is 29.4. The fourth-order valence-corrected chi connectivity index (χ4v) is 4.26. The molecule has 0 saturated carbocycles. The number of hydrogen-bond donors (Lipinski definition) is 2. The Morgan fingerprint density at radius 1 is 0.806 bits per heavy atom. The van der Waals surface area contributed by atoms with Gasteiger partial charge >= 0.3 is 0 Å². The third kappa shape index (κ3) is 6.23. The monoisotopic (exact) mass is 497 g/mol. The number of rotatable bonds is 5. The number of nitrogens with zero attached hydrogens (tertiary/aromatic N) is 1. The van der Waals surface area contributed by atoms with Crippen LogP contribution in [0, 0.1) is 17.7 Å². The summed E-state index contributed by atoms with van der Waals surface area (Å²) < 4.78 is 28.3. The first-order chi connectivity index (χ1) is 17.3. The van der Waals surface area contributed by atoms with Crippen LogP contribution in [0.1, 0.15) is 31.8 Å². The molecule has 0 aliphatic heterocycles. The predicted molar refractivity (Wildman–Crippen MR) is 138 cm³/mol. The van der Waals surface area contributed by atoms with Crippen molar-refractivity contribution in [1.82, 2.24) is 9.71 Å². The number of pyridine rings is 1. The summed E-state index contributed by atoms with van der Waals surface area (Å²) in [6.45, 7) is 0. The Morgan fingerprint density at radius 3 is 2.17 bits per heavy atom. The number of anilines is 1. The van der Waals surface area contributed by atoms with Crippen LogP contribution in [0.2, 0.25) is 0 Å². The highest BCUT2D eigenvalue weighted by Gasteiger charge is 2.14. The summed E-state index contributed by atoms with van der Waals surface area (Å²) in [7, 11) is -3.02. The second kappa shape index (κ2) is 10.7. The van der Waals surface area contributed by atoms with Crippen LogP contribution in [-0.4, -0.2) is 26.9 Å². The lowest BCUT2D eigenvalue weighted by molar-refractivity contribution is 0.0980. The molecule has 8 heteroatoms. The maximum Gasteiger partial charge on any atom is 0.264 e. The molecule has 0 fully saturated rings. The van der Waals surface area contributed by atoms with E-state index in [0.717, 1.165) is 0 Å². The Bertz CT molecular complexity index is 1570. The molecule has 36 heavy (non-hydrogen) atoms. The van der Waals surface area contributed by atoms with Crippen molar-refractivity contribution in [2.24, 2.45) is 0 Å². The first kappa shape index (κ1) is 24.4. The van der Waals surface area contributed by atoms with Gasteiger partial charge in [0.2, 0.25) is 0 Å². The molecule has 0 saturated heterocycles. The van der Waals surface area contributed by atoms with Crippen molar-refractivity contribution >= 4 is 33.1 Å². The van der Waals surface area contributed by atoms with Crippen molar-refractivity contribution in [3.05, 3.63) is 125 Å². The maximum absolute atomic E-state index is 13.0. The van der Waals surface area contributed by atoms with E-state index in [4.69, 9.17) is 0 Å². The van der Waals surface area contributed by atoms with Crippen molar-refractivity contribution in [2.75, 3.05) is 5.32 Å². The minimum absolute atomic E-state index is 0.202. The van der Waals surface area contributed by atoms with Gasteiger partial charge in [-0.1, -0.05) is 30.0 Å². The fourth-order valence-electron chi connectivity index (χ4n) is 3.13. The van der Waals surface area contributed by atoms with Gasteiger partial charge in [-0.05, 0) is 72.6 Å². The first-order valence-electron chi connectivity index (χ1n) is 10.7. The highest BCUT2D eigenvalue weighted by Crippen LogP contribution is 2.13. The van der Waals surface area contributed by atoms with E-state index < -0.39 is 21.4 Å². The minimum atomic E-state index is -3.02. The van der Waals surface area contributed by atoms with Gasteiger partial charge in [0.1, 0.15) is 5.82 Å². The van der Waals surface area contributed by atoms with Crippen LogP contribution < -0.4 is 10.0 Å². The van der Waals surface area contributed by atoms with Gasteiger partial charge in [0, 0.05) is 39.7 Å². The summed E-state index contributed by atoms with van der Waals surface area (Å²) >= 11 is 0. The van der Waals surface area contributed by atoms with E-state index in [2.05, 4.69) is 32.7 Å². The Labute approximate surface area is 208 Å². The van der Waals surface area contributed by atoms with Crippen LogP contribution in [0.25, 0.3) is 0 Å². The molecule has 0 bridgehead atoms. The molecule has 6 nitrogen and oxygen atoms in total. The van der Waals surface area contributed by atoms with E-state index in [1.165, 1.54) is 36.7 Å². The van der Waals surface area contributed by atoms with Crippen LogP contribution in [0.15, 0.2) is 102 Å². The van der Waals surface area contributed by atoms with Crippen molar-refractivity contribution in [3.8, 4) is 11.8 Å². The summed E-state index contributed by atoms with van der Waals surface area (Å²) in [6, 6.07) is 22.2. The van der Waals surface area contributed by atoms with Gasteiger partial charge in [0.25, 0.3) is 11.8 Å². The molecule has 0 aliphatic rings. The number of amides is 2. The lowest BCUT2D eigenvalue weighted by Gasteiger charge is -2.11. The third-order valence-electron chi connectivity index (χ3n) is 4.98. The van der Waals surface area contributed by atoms with Crippen molar-refractivity contribution < 1.29 is 18.2 Å². The van der Waals surface area contributed by atoms with Crippen LogP contribution in [0.5, 0.6) is 0 Å². The molecular weight excluding hydrogens is 477 g/mol. The number of benzene rings is 3. The average molecular weight is 498 g/mol. The maximum atomic E-state index is 13.0. The number of aromatic nitrogens is 1. The molecular formula is C28H20FN3O3S. The molecule has 178 valence electrons. The molecule has 1 aromatic heterocycles. The molecule has 2 N–H and O–H groups in total. The zero-order valence-electron chi connectivity index (χ0n) is 18.9. The van der Waals surface area contributed by atoms with Gasteiger partial charge in [-0.15, -0.1) is 0 Å². The van der Waals surface area contributed by atoms with E-state index in [1.807, 2.05) is 0 Å². The Morgan fingerprint density at radius 2 is 1.47 bits per heavy atom. The average Bonchev–Trinajstić information content (AvgIpc) is 2.89. The molecule has 1 heterocycles. The van der Waals surface area contributed by atoms with E-state index in [1.54, 1.807) is 60.7 Å². The highest BCUT2D eigenvalue weighted by molar-refractivity contribution is 7.99. The molecule has 3 aromatic carbocycles. The van der Waals surface area contributed by atoms with Gasteiger partial charge in [-0.3, -0.25) is 19.3 Å². The van der Waals surface area contributed by atoms with Crippen molar-refractivity contribution in [2.45, 2.75) is 4.90 Å². The lowest BCUT2D eigenvalue weighted by atomic mass is 10.1. The van der Waals surface area contributed by atoms with E-state index >= 15 is 0 Å². The van der Waals surface area contributed by atoms with Gasteiger partial charge in [0.15, 0.2) is 0 Å². The van der Waals surface area contributed by atoms with Gasteiger partial charge in [-0.25, -0.2) is 8.60 Å². The second-order valence-electron chi connectivity index (χ2n) is 7.67. The minimum Gasteiger partial charge on any atom is -0.322 e. The zero-order valence-corrected chi connectivity index (χ0v) is 19.7. The number of carbonyl (C=O) groups excluding carboxylic acids is 2. The molecule has 2 amide bonds. The summed E-state index contributed by atoms with van der Waals surface area (Å²) in [6.07, 6.45) is 2.87. The second-order valence-corrected chi connectivity index (χ2v) is 9.70. The summed E-state index contributed by atoms with van der Waals surface area (Å²) in [5, 5.41) is 2.74. The Hall–Kier alpha value is -4.74. The van der Waals surface area contributed by atoms with Gasteiger partial charge < -0.3 is 5.32 Å². The standard InChI is InChI=1S/C28H20FN3O3S/c1-36(35,26-5-3-2-4-6-26)32-28(34)23-17-21(18-30-19-23)8-7-20-9-15-25(16-10-20)31-27(33)22-11-13-24(29)14-12-22/h2-6,9-19H,1H2,(H,31,33)(H,32,34,35). The van der Waals surface area contributed by atoms with E-state index in [-0.39, 0.29) is 11.5 Å². The van der Waals surface area contributed by atoms with Crippen LogP contribution in [0.4, 0.5) is 10.1 Å². The molecule has 4 aromatic rings. The number of hydrogen-bond acceptors (Lipinski definition) is 4. The van der Waals surface area contributed by atoms with E-state index in [0.29, 0.717) is 27.3 Å². The zero-order chi connectivity index (χ0) is 25.5. The van der Waals surface area contributed by atoms with Crippen LogP contribution in [0.3, 0.4) is 0 Å². The van der Waals surface area contributed by atoms with Gasteiger partial charge in [0.05, 0.1) is 15.3 Å². The molecule has 0 aliphatic carbocycles. The lowest BCUT2D eigenvalue weighted by Crippen LogP contribution is -2.30. The van der Waals surface area contributed by atoms with Crippen molar-refractivity contribution in [1.29, 1.82) is 0 Å². The molecule has 1 atom stereocenters. The topological polar surface area (TPSA) is 88.2 Å². The summed E-state index contributed by atoms with van der Waals surface area (Å²) in [5.74, 6) is 8.23. The highest BCUT2D eigenvalue weighted by atomic mass is 32.2. The molecule has 1 unspecified atom stereocenters. The first-order valence-corrected chi connectivity index (χ1v) is 12.4. The predicted octanol–water partition coefficient (Wildman–Crippen LogP) is 4.29. The third-order valence-corrected chi connectivity index (χ3v) is 6.53. The summed E-state index contributed by atoms with van der Waals surface area (Å²) in [5.41, 5.74) is 2.27. The molecule has 0 radical (unpaired) electrons. The molecule has 4 rings (SSSR count). The van der Waals surface area contributed by atoms with Gasteiger partial charge in [-0.2, -0.15) is 0 Å². The van der Waals surface area contributed by atoms with Crippen LogP contribution >= 0.6 is 0 Å². The van der Waals surface area contributed by atoms with Crippen LogP contribution in [-0.2, 0) is 9.71 Å².